The Hall–Kier alpha value is -2.23. The number of rotatable bonds is 2. The van der Waals surface area contributed by atoms with Crippen molar-refractivity contribution in [3.05, 3.63) is 41.7 Å². The van der Waals surface area contributed by atoms with Crippen LogP contribution < -0.4 is 0 Å². The summed E-state index contributed by atoms with van der Waals surface area (Å²) in [6.07, 6.45) is 0.880. The van der Waals surface area contributed by atoms with Gasteiger partial charge in [0.15, 0.2) is 11.5 Å². The largest absolute Gasteiger partial charge is 0.250 e. The highest BCUT2D eigenvalue weighted by Gasteiger charge is 2.14. The molecule has 0 fully saturated rings. The summed E-state index contributed by atoms with van der Waals surface area (Å²) in [5, 5.41) is 5.54. The van der Waals surface area contributed by atoms with Crippen molar-refractivity contribution in [1.29, 1.82) is 0 Å². The van der Waals surface area contributed by atoms with Crippen LogP contribution in [0.5, 0.6) is 0 Å². The van der Waals surface area contributed by atoms with Crippen LogP contribution in [0.4, 0.5) is 0 Å². The Morgan fingerprint density at radius 3 is 2.53 bits per heavy atom. The van der Waals surface area contributed by atoms with Crippen LogP contribution in [-0.2, 0) is 13.5 Å². The maximum atomic E-state index is 4.70. The molecule has 0 unspecified atom stereocenters. The summed E-state index contributed by atoms with van der Waals surface area (Å²) in [7, 11) is 1.93. The van der Waals surface area contributed by atoms with Gasteiger partial charge < -0.3 is 0 Å². The van der Waals surface area contributed by atoms with E-state index in [4.69, 9.17) is 4.98 Å². The molecule has 4 heteroatoms. The number of hydrogen-bond donors (Lipinski definition) is 0. The van der Waals surface area contributed by atoms with E-state index in [1.165, 1.54) is 0 Å². The van der Waals surface area contributed by atoms with E-state index in [1.807, 2.05) is 49.0 Å². The van der Waals surface area contributed by atoms with Crippen LogP contribution in [0.3, 0.4) is 0 Å². The lowest BCUT2D eigenvalue weighted by Gasteiger charge is -2.05. The molecular formula is C15H16N4. The molecular weight excluding hydrogens is 236 g/mol. The monoisotopic (exact) mass is 252 g/mol. The van der Waals surface area contributed by atoms with Gasteiger partial charge in [-0.1, -0.05) is 37.3 Å². The molecule has 0 bridgehead atoms. The third-order valence-corrected chi connectivity index (χ3v) is 3.30. The lowest BCUT2D eigenvalue weighted by atomic mass is 10.1. The van der Waals surface area contributed by atoms with Crippen LogP contribution in [0, 0.1) is 6.92 Å². The fourth-order valence-electron chi connectivity index (χ4n) is 2.39. The van der Waals surface area contributed by atoms with Crippen molar-refractivity contribution in [2.24, 2.45) is 7.05 Å². The van der Waals surface area contributed by atoms with Crippen molar-refractivity contribution in [2.75, 3.05) is 0 Å². The van der Waals surface area contributed by atoms with Crippen molar-refractivity contribution in [3.8, 4) is 11.4 Å². The number of hydrogen-bond acceptors (Lipinski definition) is 3. The van der Waals surface area contributed by atoms with Gasteiger partial charge in [-0.15, -0.1) is 0 Å². The number of nitrogens with zero attached hydrogens (tertiary/aromatic N) is 4. The lowest BCUT2D eigenvalue weighted by molar-refractivity contribution is 0.773. The van der Waals surface area contributed by atoms with Crippen LogP contribution in [0.25, 0.3) is 22.4 Å². The highest BCUT2D eigenvalue weighted by molar-refractivity contribution is 5.82. The zero-order chi connectivity index (χ0) is 13.4. The van der Waals surface area contributed by atoms with Crippen molar-refractivity contribution < 1.29 is 0 Å². The molecule has 0 spiro atoms. The number of aryl methyl sites for hydroxylation is 3. The van der Waals surface area contributed by atoms with Crippen molar-refractivity contribution in [2.45, 2.75) is 20.3 Å². The summed E-state index contributed by atoms with van der Waals surface area (Å²) in [4.78, 5) is 9.36. The maximum Gasteiger partial charge on any atom is 0.162 e. The molecule has 0 aliphatic carbocycles. The minimum atomic E-state index is 0.771. The van der Waals surface area contributed by atoms with Crippen molar-refractivity contribution in [3.63, 3.8) is 0 Å². The molecule has 0 saturated carbocycles. The van der Waals surface area contributed by atoms with Gasteiger partial charge in [0.25, 0.3) is 0 Å². The first-order valence-electron chi connectivity index (χ1n) is 6.46. The van der Waals surface area contributed by atoms with Gasteiger partial charge in [-0.05, 0) is 13.3 Å². The molecule has 96 valence electrons. The Labute approximate surface area is 112 Å². The first kappa shape index (κ1) is 11.8. The van der Waals surface area contributed by atoms with E-state index in [2.05, 4.69) is 17.0 Å². The van der Waals surface area contributed by atoms with E-state index < -0.39 is 0 Å². The number of aromatic nitrogens is 4. The first-order valence-corrected chi connectivity index (χ1v) is 6.46. The van der Waals surface area contributed by atoms with Crippen molar-refractivity contribution in [1.82, 2.24) is 19.7 Å². The van der Waals surface area contributed by atoms with E-state index in [0.717, 1.165) is 40.2 Å². The molecule has 4 nitrogen and oxygen atoms in total. The van der Waals surface area contributed by atoms with E-state index in [1.54, 1.807) is 0 Å². The minimum Gasteiger partial charge on any atom is -0.250 e. The van der Waals surface area contributed by atoms with E-state index in [0.29, 0.717) is 0 Å². The topological polar surface area (TPSA) is 43.6 Å². The van der Waals surface area contributed by atoms with Crippen LogP contribution in [-0.4, -0.2) is 19.7 Å². The van der Waals surface area contributed by atoms with Gasteiger partial charge in [-0.25, -0.2) is 9.97 Å². The normalized spacial score (nSPS) is 11.1. The lowest BCUT2D eigenvalue weighted by Crippen LogP contribution is -1.99. The predicted molar refractivity (Wildman–Crippen MR) is 75.9 cm³/mol. The Bertz CT molecular complexity index is 729. The van der Waals surface area contributed by atoms with Gasteiger partial charge in [0.1, 0.15) is 0 Å². The quantitative estimate of drug-likeness (QED) is 0.704. The van der Waals surface area contributed by atoms with Gasteiger partial charge >= 0.3 is 0 Å². The molecule has 0 aliphatic rings. The second-order valence-electron chi connectivity index (χ2n) is 4.62. The van der Waals surface area contributed by atoms with Gasteiger partial charge in [0.2, 0.25) is 0 Å². The molecule has 0 atom stereocenters. The average Bonchev–Trinajstić information content (AvgIpc) is 2.74. The SMILES string of the molecule is CCc1nc(-c2ccccc2)nc2c1c(C)nn2C. The Balaban J connectivity index is 2.32. The van der Waals surface area contributed by atoms with E-state index in [-0.39, 0.29) is 0 Å². The highest BCUT2D eigenvalue weighted by Crippen LogP contribution is 2.23. The molecule has 19 heavy (non-hydrogen) atoms. The predicted octanol–water partition coefficient (Wildman–Crippen LogP) is 2.90. The van der Waals surface area contributed by atoms with Gasteiger partial charge in [-0.3, -0.25) is 4.68 Å². The van der Waals surface area contributed by atoms with Gasteiger partial charge in [0, 0.05) is 12.6 Å². The number of benzene rings is 1. The third kappa shape index (κ3) is 1.89. The second kappa shape index (κ2) is 4.46. The third-order valence-electron chi connectivity index (χ3n) is 3.30. The summed E-state index contributed by atoms with van der Waals surface area (Å²) in [5.74, 6) is 0.771. The average molecular weight is 252 g/mol. The summed E-state index contributed by atoms with van der Waals surface area (Å²) >= 11 is 0. The fraction of sp³-hybridized carbons (Fsp3) is 0.267. The molecule has 2 heterocycles. The van der Waals surface area contributed by atoms with Gasteiger partial charge in [-0.2, -0.15) is 5.10 Å². The van der Waals surface area contributed by atoms with E-state index >= 15 is 0 Å². The Morgan fingerprint density at radius 2 is 1.84 bits per heavy atom. The summed E-state index contributed by atoms with van der Waals surface area (Å²) in [6, 6.07) is 10.1. The summed E-state index contributed by atoms with van der Waals surface area (Å²) in [5.41, 5.74) is 4.00. The maximum absolute atomic E-state index is 4.70. The Morgan fingerprint density at radius 1 is 1.11 bits per heavy atom. The highest BCUT2D eigenvalue weighted by atomic mass is 15.3. The molecule has 0 amide bonds. The number of fused-ring (bicyclic) bond motifs is 1. The first-order chi connectivity index (χ1) is 9.20. The smallest absolute Gasteiger partial charge is 0.162 e. The van der Waals surface area contributed by atoms with Crippen molar-refractivity contribution >= 4 is 11.0 Å². The van der Waals surface area contributed by atoms with Crippen LogP contribution in [0.2, 0.25) is 0 Å². The van der Waals surface area contributed by atoms with Crippen LogP contribution >= 0.6 is 0 Å². The summed E-state index contributed by atoms with van der Waals surface area (Å²) < 4.78 is 1.83. The molecule has 0 N–H and O–H groups in total. The zero-order valence-corrected chi connectivity index (χ0v) is 11.4. The van der Waals surface area contributed by atoms with Gasteiger partial charge in [0.05, 0.1) is 16.8 Å². The zero-order valence-electron chi connectivity index (χ0n) is 11.4. The molecule has 3 aromatic rings. The van der Waals surface area contributed by atoms with Crippen LogP contribution in [0.1, 0.15) is 18.3 Å². The molecule has 2 aromatic heterocycles. The standard InChI is InChI=1S/C15H16N4/c1-4-12-13-10(2)18-19(3)15(13)17-14(16-12)11-8-6-5-7-9-11/h5-9H,4H2,1-3H3. The molecule has 0 radical (unpaired) electrons. The Kier molecular flexibility index (Phi) is 2.78. The molecule has 3 rings (SSSR count). The van der Waals surface area contributed by atoms with E-state index in [9.17, 15) is 0 Å². The van der Waals surface area contributed by atoms with Crippen LogP contribution in [0.15, 0.2) is 30.3 Å². The summed E-state index contributed by atoms with van der Waals surface area (Å²) in [6.45, 7) is 4.12. The molecule has 0 saturated heterocycles. The molecule has 0 aliphatic heterocycles. The molecule has 1 aromatic carbocycles. The second-order valence-corrected chi connectivity index (χ2v) is 4.62. The fourth-order valence-corrected chi connectivity index (χ4v) is 2.39. The minimum absolute atomic E-state index is 0.771.